The molecular weight excluding hydrogens is 340 g/mol. The first-order chi connectivity index (χ1) is 11.8. The molecule has 25 heavy (non-hydrogen) atoms. The molecule has 0 aliphatic rings. The number of Topliss-reactive ketones (excluding diaryl/α,β-unsaturated/α-hetero) is 1. The lowest BCUT2D eigenvalue weighted by molar-refractivity contribution is 0.0587. The molecule has 1 amide bonds. The second-order valence-electron chi connectivity index (χ2n) is 5.73. The first-order valence-electron chi connectivity index (χ1n) is 7.93. The molecule has 0 saturated heterocycles. The predicted octanol–water partition coefficient (Wildman–Crippen LogP) is 2.93. The van der Waals surface area contributed by atoms with E-state index >= 15 is 0 Å². The molecule has 0 fully saturated rings. The number of thiophene rings is 1. The highest BCUT2D eigenvalue weighted by molar-refractivity contribution is 7.12. The fourth-order valence-electron chi connectivity index (χ4n) is 3.02. The van der Waals surface area contributed by atoms with Crippen LogP contribution in [0, 0.1) is 13.8 Å². The molecule has 0 aliphatic carbocycles. The Kier molecular flexibility index (Phi) is 5.79. The van der Waals surface area contributed by atoms with Crippen LogP contribution < -0.4 is 0 Å². The van der Waals surface area contributed by atoms with E-state index in [-0.39, 0.29) is 18.2 Å². The lowest BCUT2D eigenvalue weighted by Crippen LogP contribution is -2.32. The topological polar surface area (TPSA) is 68.6 Å². The van der Waals surface area contributed by atoms with Gasteiger partial charge in [0, 0.05) is 24.8 Å². The quantitative estimate of drug-likeness (QED) is 0.585. The maximum Gasteiger partial charge on any atom is 0.354 e. The van der Waals surface area contributed by atoms with Gasteiger partial charge in [-0.3, -0.25) is 9.59 Å². The average molecular weight is 362 g/mol. The molecule has 2 aromatic rings. The summed E-state index contributed by atoms with van der Waals surface area (Å²) in [6.07, 6.45) is 0. The Morgan fingerprint density at radius 1 is 1.28 bits per heavy atom. The predicted molar refractivity (Wildman–Crippen MR) is 96.5 cm³/mol. The fraction of sp³-hybridized carbons (Fsp3) is 0.389. The van der Waals surface area contributed by atoms with Crippen LogP contribution in [-0.4, -0.2) is 47.8 Å². The summed E-state index contributed by atoms with van der Waals surface area (Å²) < 4.78 is 6.62. The molecule has 0 N–H and O–H groups in total. The van der Waals surface area contributed by atoms with E-state index in [0.29, 0.717) is 33.9 Å². The van der Waals surface area contributed by atoms with Crippen molar-refractivity contribution in [2.45, 2.75) is 27.3 Å². The largest absolute Gasteiger partial charge is 0.464 e. The highest BCUT2D eigenvalue weighted by atomic mass is 32.1. The Balaban J connectivity index is 2.32. The summed E-state index contributed by atoms with van der Waals surface area (Å²) in [7, 11) is 2.92. The standard InChI is InChI=1S/C18H22N2O4S/c1-6-20-12(3)15(11(2)16(20)18(23)24-5)13(21)10-19(4)17(22)14-8-7-9-25-14/h7-9H,6,10H2,1-5H3. The number of esters is 1. The number of nitrogens with zero attached hydrogens (tertiary/aromatic N) is 2. The van der Waals surface area contributed by atoms with Crippen molar-refractivity contribution in [3.05, 3.63) is 44.9 Å². The molecule has 0 unspecified atom stereocenters. The molecule has 2 rings (SSSR count). The minimum atomic E-state index is -0.468. The zero-order valence-corrected chi connectivity index (χ0v) is 15.9. The van der Waals surface area contributed by atoms with Crippen LogP contribution in [0.15, 0.2) is 17.5 Å². The molecule has 7 heteroatoms. The average Bonchev–Trinajstić information content (AvgIpc) is 3.19. The third kappa shape index (κ3) is 3.51. The van der Waals surface area contributed by atoms with Gasteiger partial charge in [-0.25, -0.2) is 4.79 Å². The van der Waals surface area contributed by atoms with Gasteiger partial charge in [0.2, 0.25) is 0 Å². The van der Waals surface area contributed by atoms with E-state index in [2.05, 4.69) is 0 Å². The van der Waals surface area contributed by atoms with Gasteiger partial charge in [0.05, 0.1) is 18.5 Å². The van der Waals surface area contributed by atoms with Crippen molar-refractivity contribution >= 4 is 29.0 Å². The number of amides is 1. The second-order valence-corrected chi connectivity index (χ2v) is 6.68. The Morgan fingerprint density at radius 3 is 2.48 bits per heavy atom. The molecule has 0 aliphatic heterocycles. The minimum absolute atomic E-state index is 0.0489. The molecule has 6 nitrogen and oxygen atoms in total. The van der Waals surface area contributed by atoms with E-state index in [1.807, 2.05) is 12.3 Å². The summed E-state index contributed by atoms with van der Waals surface area (Å²) in [5.74, 6) is -0.856. The first kappa shape index (κ1) is 18.9. The third-order valence-electron chi connectivity index (χ3n) is 4.20. The Hall–Kier alpha value is -2.41. The van der Waals surface area contributed by atoms with Gasteiger partial charge in [-0.1, -0.05) is 6.07 Å². The number of likely N-dealkylation sites (N-methyl/N-ethyl adjacent to an activating group) is 1. The maximum atomic E-state index is 12.8. The monoisotopic (exact) mass is 362 g/mol. The molecule has 0 atom stereocenters. The zero-order valence-electron chi connectivity index (χ0n) is 15.1. The summed E-state index contributed by atoms with van der Waals surface area (Å²) >= 11 is 1.34. The van der Waals surface area contributed by atoms with Crippen molar-refractivity contribution in [3.8, 4) is 0 Å². The van der Waals surface area contributed by atoms with E-state index < -0.39 is 5.97 Å². The molecule has 0 bridgehead atoms. The van der Waals surface area contributed by atoms with Crippen molar-refractivity contribution < 1.29 is 19.1 Å². The van der Waals surface area contributed by atoms with Gasteiger partial charge >= 0.3 is 5.97 Å². The molecule has 134 valence electrons. The Bertz CT molecular complexity index is 806. The van der Waals surface area contributed by atoms with Gasteiger partial charge < -0.3 is 14.2 Å². The Morgan fingerprint density at radius 2 is 1.96 bits per heavy atom. The van der Waals surface area contributed by atoms with Crippen molar-refractivity contribution in [2.75, 3.05) is 20.7 Å². The summed E-state index contributed by atoms with van der Waals surface area (Å²) in [5, 5.41) is 1.82. The summed E-state index contributed by atoms with van der Waals surface area (Å²) in [5.41, 5.74) is 2.17. The van der Waals surface area contributed by atoms with Gasteiger partial charge in [-0.05, 0) is 37.8 Å². The van der Waals surface area contributed by atoms with Crippen LogP contribution >= 0.6 is 11.3 Å². The first-order valence-corrected chi connectivity index (χ1v) is 8.81. The molecule has 0 aromatic carbocycles. The summed E-state index contributed by atoms with van der Waals surface area (Å²) in [6, 6.07) is 3.53. The lowest BCUT2D eigenvalue weighted by Gasteiger charge is -2.15. The zero-order chi connectivity index (χ0) is 18.7. The molecule has 2 heterocycles. The van der Waals surface area contributed by atoms with Crippen molar-refractivity contribution in [1.82, 2.24) is 9.47 Å². The number of aromatic nitrogens is 1. The van der Waals surface area contributed by atoms with Crippen LogP contribution in [0.2, 0.25) is 0 Å². The molecular formula is C18H22N2O4S. The summed E-state index contributed by atoms with van der Waals surface area (Å²) in [6.45, 7) is 5.94. The summed E-state index contributed by atoms with van der Waals surface area (Å²) in [4.78, 5) is 39.2. The van der Waals surface area contributed by atoms with Crippen LogP contribution in [0.25, 0.3) is 0 Å². The molecule has 0 saturated carbocycles. The molecule has 0 spiro atoms. The van der Waals surface area contributed by atoms with Gasteiger partial charge in [-0.15, -0.1) is 11.3 Å². The maximum absolute atomic E-state index is 12.8. The number of methoxy groups -OCH3 is 1. The lowest BCUT2D eigenvalue weighted by atomic mass is 10.1. The second kappa shape index (κ2) is 7.65. The van der Waals surface area contributed by atoms with Crippen molar-refractivity contribution in [1.29, 1.82) is 0 Å². The molecule has 0 radical (unpaired) electrons. The number of carbonyl (C=O) groups is 3. The highest BCUT2D eigenvalue weighted by Gasteiger charge is 2.27. The van der Waals surface area contributed by atoms with Gasteiger partial charge in [0.25, 0.3) is 5.91 Å². The van der Waals surface area contributed by atoms with Crippen LogP contribution in [0.3, 0.4) is 0 Å². The van der Waals surface area contributed by atoms with E-state index in [4.69, 9.17) is 4.74 Å². The van der Waals surface area contributed by atoms with Crippen molar-refractivity contribution in [2.24, 2.45) is 0 Å². The smallest absolute Gasteiger partial charge is 0.354 e. The normalized spacial score (nSPS) is 10.6. The van der Waals surface area contributed by atoms with Crippen LogP contribution in [-0.2, 0) is 11.3 Å². The van der Waals surface area contributed by atoms with E-state index in [9.17, 15) is 14.4 Å². The Labute approximate surface area is 151 Å². The SMILES string of the molecule is CCn1c(C)c(C(=O)CN(C)C(=O)c2cccs2)c(C)c1C(=O)OC. The van der Waals surface area contributed by atoms with Gasteiger partial charge in [0.1, 0.15) is 5.69 Å². The third-order valence-corrected chi connectivity index (χ3v) is 5.06. The number of carbonyl (C=O) groups excluding carboxylic acids is 3. The number of ketones is 1. The van der Waals surface area contributed by atoms with Crippen LogP contribution in [0.1, 0.15) is 48.7 Å². The number of hydrogen-bond acceptors (Lipinski definition) is 5. The van der Waals surface area contributed by atoms with Gasteiger partial charge in [-0.2, -0.15) is 0 Å². The highest BCUT2D eigenvalue weighted by Crippen LogP contribution is 2.24. The molecule has 2 aromatic heterocycles. The number of hydrogen-bond donors (Lipinski definition) is 0. The minimum Gasteiger partial charge on any atom is -0.464 e. The van der Waals surface area contributed by atoms with E-state index in [0.717, 1.165) is 0 Å². The van der Waals surface area contributed by atoms with E-state index in [1.54, 1.807) is 37.6 Å². The van der Waals surface area contributed by atoms with Gasteiger partial charge in [0.15, 0.2) is 5.78 Å². The van der Waals surface area contributed by atoms with Crippen LogP contribution in [0.4, 0.5) is 0 Å². The van der Waals surface area contributed by atoms with Crippen molar-refractivity contribution in [3.63, 3.8) is 0 Å². The fourth-order valence-corrected chi connectivity index (χ4v) is 3.73. The van der Waals surface area contributed by atoms with Crippen LogP contribution in [0.5, 0.6) is 0 Å². The number of ether oxygens (including phenoxy) is 1. The number of rotatable bonds is 6. The van der Waals surface area contributed by atoms with E-state index in [1.165, 1.54) is 23.3 Å².